The third-order valence-corrected chi connectivity index (χ3v) is 4.38. The summed E-state index contributed by atoms with van der Waals surface area (Å²) in [6.45, 7) is 4.15. The first-order valence-corrected chi connectivity index (χ1v) is 7.18. The molecule has 0 saturated heterocycles. The zero-order valence-corrected chi connectivity index (χ0v) is 11.6. The van der Waals surface area contributed by atoms with Crippen molar-refractivity contribution in [2.24, 2.45) is 5.73 Å². The maximum Gasteiger partial charge on any atom is 0.113 e. The van der Waals surface area contributed by atoms with E-state index in [2.05, 4.69) is 38.1 Å². The van der Waals surface area contributed by atoms with Crippen LogP contribution in [0.5, 0.6) is 0 Å². The zero-order valence-electron chi connectivity index (χ0n) is 10.8. The second-order valence-corrected chi connectivity index (χ2v) is 5.71. The summed E-state index contributed by atoms with van der Waals surface area (Å²) >= 11 is 1.83. The van der Waals surface area contributed by atoms with Crippen molar-refractivity contribution in [3.8, 4) is 0 Å². The van der Waals surface area contributed by atoms with Crippen molar-refractivity contribution in [2.45, 2.75) is 30.9 Å². The molecule has 2 N–H and O–H groups in total. The number of rotatable bonds is 5. The summed E-state index contributed by atoms with van der Waals surface area (Å²) in [4.78, 5) is 0. The molecule has 0 bridgehead atoms. The molecule has 0 fully saturated rings. The molecule has 2 aromatic rings. The van der Waals surface area contributed by atoms with Gasteiger partial charge in [0, 0.05) is 11.3 Å². The first-order chi connectivity index (χ1) is 8.66. The van der Waals surface area contributed by atoms with Gasteiger partial charge in [-0.2, -0.15) is 0 Å². The largest absolute Gasteiger partial charge is 0.468 e. The molecule has 0 aliphatic carbocycles. The van der Waals surface area contributed by atoms with E-state index >= 15 is 0 Å². The lowest BCUT2D eigenvalue weighted by Crippen LogP contribution is -2.22. The zero-order chi connectivity index (χ0) is 13.0. The average Bonchev–Trinajstić information content (AvgIpc) is 2.84. The number of aryl methyl sites for hydroxylation is 1. The average molecular weight is 261 g/mol. The van der Waals surface area contributed by atoms with Crippen molar-refractivity contribution in [3.05, 3.63) is 59.5 Å². The standard InChI is InChI=1S/C15H19NOS/c1-11-5-7-13(8-6-11)15(12(2)16)18-10-14-4-3-9-17-14/h3-9,12,15H,10,16H2,1-2H3. The van der Waals surface area contributed by atoms with Crippen molar-refractivity contribution < 1.29 is 4.42 Å². The molecule has 0 radical (unpaired) electrons. The number of nitrogens with two attached hydrogens (primary N) is 1. The van der Waals surface area contributed by atoms with Crippen LogP contribution in [0.25, 0.3) is 0 Å². The third kappa shape index (κ3) is 3.40. The van der Waals surface area contributed by atoms with Crippen molar-refractivity contribution in [2.75, 3.05) is 0 Å². The van der Waals surface area contributed by atoms with E-state index in [-0.39, 0.29) is 6.04 Å². The van der Waals surface area contributed by atoms with E-state index in [0.717, 1.165) is 11.5 Å². The van der Waals surface area contributed by atoms with E-state index in [1.165, 1.54) is 11.1 Å². The van der Waals surface area contributed by atoms with Gasteiger partial charge < -0.3 is 10.2 Å². The SMILES string of the molecule is Cc1ccc(C(SCc2ccco2)C(C)N)cc1. The maximum atomic E-state index is 6.09. The van der Waals surface area contributed by atoms with Gasteiger partial charge in [-0.25, -0.2) is 0 Å². The Morgan fingerprint density at radius 1 is 1.22 bits per heavy atom. The minimum absolute atomic E-state index is 0.118. The van der Waals surface area contributed by atoms with Gasteiger partial charge >= 0.3 is 0 Å². The number of hydrogen-bond acceptors (Lipinski definition) is 3. The number of furan rings is 1. The van der Waals surface area contributed by atoms with Gasteiger partial charge in [0.15, 0.2) is 0 Å². The van der Waals surface area contributed by atoms with Gasteiger partial charge in [0.1, 0.15) is 5.76 Å². The number of hydrogen-bond donors (Lipinski definition) is 1. The Hall–Kier alpha value is -1.19. The lowest BCUT2D eigenvalue weighted by molar-refractivity contribution is 0.530. The molecule has 18 heavy (non-hydrogen) atoms. The molecule has 1 aromatic carbocycles. The van der Waals surface area contributed by atoms with Gasteiger partial charge in [-0.1, -0.05) is 29.8 Å². The molecule has 3 heteroatoms. The van der Waals surface area contributed by atoms with Gasteiger partial charge in [0.05, 0.1) is 12.0 Å². The van der Waals surface area contributed by atoms with Gasteiger partial charge in [0.2, 0.25) is 0 Å². The van der Waals surface area contributed by atoms with Crippen molar-refractivity contribution in [1.82, 2.24) is 0 Å². The van der Waals surface area contributed by atoms with E-state index < -0.39 is 0 Å². The van der Waals surface area contributed by atoms with Crippen LogP contribution in [0.4, 0.5) is 0 Å². The van der Waals surface area contributed by atoms with Crippen molar-refractivity contribution in [3.63, 3.8) is 0 Å². The second kappa shape index (κ2) is 6.12. The molecule has 1 aromatic heterocycles. The lowest BCUT2D eigenvalue weighted by Gasteiger charge is -2.20. The van der Waals surface area contributed by atoms with Crippen LogP contribution in [0.1, 0.15) is 29.1 Å². The molecule has 2 nitrogen and oxygen atoms in total. The van der Waals surface area contributed by atoms with Crippen LogP contribution in [0.3, 0.4) is 0 Å². The highest BCUT2D eigenvalue weighted by Crippen LogP contribution is 2.33. The molecule has 2 unspecified atom stereocenters. The Morgan fingerprint density at radius 2 is 1.94 bits per heavy atom. The minimum Gasteiger partial charge on any atom is -0.468 e. The van der Waals surface area contributed by atoms with Crippen LogP contribution >= 0.6 is 11.8 Å². The molecular formula is C15H19NOS. The monoisotopic (exact) mass is 261 g/mol. The summed E-state index contributed by atoms with van der Waals surface area (Å²) in [5, 5.41) is 0.302. The molecule has 0 amide bonds. The highest BCUT2D eigenvalue weighted by molar-refractivity contribution is 7.98. The second-order valence-electron chi connectivity index (χ2n) is 4.58. The van der Waals surface area contributed by atoms with E-state index in [0.29, 0.717) is 5.25 Å². The molecular weight excluding hydrogens is 242 g/mol. The maximum absolute atomic E-state index is 6.09. The predicted molar refractivity (Wildman–Crippen MR) is 77.6 cm³/mol. The molecule has 2 atom stereocenters. The summed E-state index contributed by atoms with van der Waals surface area (Å²) in [7, 11) is 0. The topological polar surface area (TPSA) is 39.2 Å². The fourth-order valence-electron chi connectivity index (χ4n) is 1.87. The Balaban J connectivity index is 2.06. The van der Waals surface area contributed by atoms with Gasteiger partial charge in [0.25, 0.3) is 0 Å². The van der Waals surface area contributed by atoms with Crippen LogP contribution < -0.4 is 5.73 Å². The summed E-state index contributed by atoms with van der Waals surface area (Å²) in [5.74, 6) is 1.85. The molecule has 0 saturated carbocycles. The molecule has 1 heterocycles. The van der Waals surface area contributed by atoms with Crippen LogP contribution in [-0.4, -0.2) is 6.04 Å². The summed E-state index contributed by atoms with van der Waals surface area (Å²) < 4.78 is 5.36. The highest BCUT2D eigenvalue weighted by atomic mass is 32.2. The van der Waals surface area contributed by atoms with Crippen LogP contribution in [-0.2, 0) is 5.75 Å². The van der Waals surface area contributed by atoms with Gasteiger partial charge in [-0.05, 0) is 31.5 Å². The Kier molecular flexibility index (Phi) is 4.50. The minimum atomic E-state index is 0.118. The lowest BCUT2D eigenvalue weighted by atomic mass is 10.1. The third-order valence-electron chi connectivity index (χ3n) is 2.87. The summed E-state index contributed by atoms with van der Waals surface area (Å²) in [6.07, 6.45) is 1.71. The molecule has 96 valence electrons. The molecule has 0 aliphatic heterocycles. The van der Waals surface area contributed by atoms with Crippen molar-refractivity contribution in [1.29, 1.82) is 0 Å². The molecule has 2 rings (SSSR count). The van der Waals surface area contributed by atoms with E-state index in [1.54, 1.807) is 6.26 Å². The Bertz CT molecular complexity index is 462. The van der Waals surface area contributed by atoms with E-state index in [4.69, 9.17) is 10.2 Å². The Labute approximate surface area is 113 Å². The first kappa shape index (κ1) is 13.2. The van der Waals surface area contributed by atoms with Gasteiger partial charge in [-0.15, -0.1) is 11.8 Å². The fourth-order valence-corrected chi connectivity index (χ4v) is 3.04. The smallest absolute Gasteiger partial charge is 0.113 e. The normalized spacial score (nSPS) is 14.4. The highest BCUT2D eigenvalue weighted by Gasteiger charge is 2.17. The van der Waals surface area contributed by atoms with E-state index in [1.807, 2.05) is 23.9 Å². The molecule has 0 aliphatic rings. The predicted octanol–water partition coefficient (Wildman–Crippen LogP) is 3.91. The fraction of sp³-hybridized carbons (Fsp3) is 0.333. The summed E-state index contributed by atoms with van der Waals surface area (Å²) in [5.41, 5.74) is 8.66. The quantitative estimate of drug-likeness (QED) is 0.887. The number of benzene rings is 1. The summed E-state index contributed by atoms with van der Waals surface area (Å²) in [6, 6.07) is 12.6. The van der Waals surface area contributed by atoms with E-state index in [9.17, 15) is 0 Å². The van der Waals surface area contributed by atoms with Crippen molar-refractivity contribution >= 4 is 11.8 Å². The first-order valence-electron chi connectivity index (χ1n) is 6.13. The number of thioether (sulfide) groups is 1. The van der Waals surface area contributed by atoms with Crippen LogP contribution in [0, 0.1) is 6.92 Å². The molecule has 0 spiro atoms. The Morgan fingerprint density at radius 3 is 2.50 bits per heavy atom. The van der Waals surface area contributed by atoms with Crippen LogP contribution in [0.2, 0.25) is 0 Å². The van der Waals surface area contributed by atoms with Crippen LogP contribution in [0.15, 0.2) is 47.1 Å². The van der Waals surface area contributed by atoms with Gasteiger partial charge in [-0.3, -0.25) is 0 Å².